The molecule has 2 N–H and O–H groups in total. The van der Waals surface area contributed by atoms with Crippen molar-refractivity contribution in [3.63, 3.8) is 0 Å². The summed E-state index contributed by atoms with van der Waals surface area (Å²) in [5.74, 6) is 0.000929. The molecule has 3 rings (SSSR count). The molecule has 0 saturated heterocycles. The zero-order chi connectivity index (χ0) is 14.8. The number of anilines is 1. The number of nitrogens with zero attached hydrogens (tertiary/aromatic N) is 1. The highest BCUT2D eigenvalue weighted by atomic mass is 35.5. The SMILES string of the molecule is Cc1nc(C)c(CNC(=O)c2cccc3c2CCCN3)s1.Cl.Cl. The number of fused-ring (bicyclic) bond motifs is 1. The molecule has 0 radical (unpaired) electrons. The Hall–Kier alpha value is -1.30. The van der Waals surface area contributed by atoms with E-state index in [2.05, 4.69) is 15.6 Å². The number of carbonyl (C=O) groups is 1. The number of nitrogens with one attached hydrogen (secondary N) is 2. The lowest BCUT2D eigenvalue weighted by atomic mass is 9.97. The van der Waals surface area contributed by atoms with Gasteiger partial charge in [-0.1, -0.05) is 6.07 Å². The van der Waals surface area contributed by atoms with Crippen LogP contribution in [0.2, 0.25) is 0 Å². The monoisotopic (exact) mass is 373 g/mol. The summed E-state index contributed by atoms with van der Waals surface area (Å²) in [5.41, 5.74) is 4.03. The van der Waals surface area contributed by atoms with Crippen molar-refractivity contribution in [1.82, 2.24) is 10.3 Å². The van der Waals surface area contributed by atoms with Crippen LogP contribution >= 0.6 is 36.2 Å². The number of rotatable bonds is 3. The molecule has 0 saturated carbocycles. The summed E-state index contributed by atoms with van der Waals surface area (Å²) in [4.78, 5) is 18.0. The van der Waals surface area contributed by atoms with Crippen LogP contribution in [0.25, 0.3) is 0 Å². The van der Waals surface area contributed by atoms with Gasteiger partial charge in [-0.15, -0.1) is 36.2 Å². The highest BCUT2D eigenvalue weighted by Crippen LogP contribution is 2.25. The van der Waals surface area contributed by atoms with E-state index in [1.165, 1.54) is 0 Å². The van der Waals surface area contributed by atoms with Gasteiger partial charge in [0.15, 0.2) is 0 Å². The number of halogens is 2. The second-order valence-corrected chi connectivity index (χ2v) is 6.57. The van der Waals surface area contributed by atoms with Crippen LogP contribution in [0.1, 0.15) is 37.9 Å². The summed E-state index contributed by atoms with van der Waals surface area (Å²) in [6.45, 7) is 5.51. The average Bonchev–Trinajstić information content (AvgIpc) is 2.82. The first-order chi connectivity index (χ1) is 10.1. The number of aromatic nitrogens is 1. The quantitative estimate of drug-likeness (QED) is 0.857. The first kappa shape index (κ1) is 19.7. The Morgan fingerprint density at radius 3 is 2.83 bits per heavy atom. The molecule has 1 aliphatic heterocycles. The third-order valence-electron chi connectivity index (χ3n) is 3.75. The van der Waals surface area contributed by atoms with E-state index in [1.807, 2.05) is 32.0 Å². The van der Waals surface area contributed by atoms with Crippen molar-refractivity contribution >= 4 is 47.7 Å². The van der Waals surface area contributed by atoms with Gasteiger partial charge in [-0.3, -0.25) is 4.79 Å². The van der Waals surface area contributed by atoms with E-state index < -0.39 is 0 Å². The van der Waals surface area contributed by atoms with E-state index in [9.17, 15) is 4.79 Å². The normalized spacial score (nSPS) is 12.3. The van der Waals surface area contributed by atoms with Crippen molar-refractivity contribution in [3.8, 4) is 0 Å². The molecule has 2 aromatic rings. The number of amides is 1. The molecular formula is C16H21Cl2N3OS. The van der Waals surface area contributed by atoms with Gasteiger partial charge >= 0.3 is 0 Å². The second kappa shape index (κ2) is 8.52. The van der Waals surface area contributed by atoms with Crippen LogP contribution in [0.5, 0.6) is 0 Å². The highest BCUT2D eigenvalue weighted by Gasteiger charge is 2.17. The van der Waals surface area contributed by atoms with Gasteiger partial charge < -0.3 is 10.6 Å². The topological polar surface area (TPSA) is 54.0 Å². The van der Waals surface area contributed by atoms with Gasteiger partial charge in [0.25, 0.3) is 5.91 Å². The minimum atomic E-state index is 0. The van der Waals surface area contributed by atoms with E-state index in [0.29, 0.717) is 6.54 Å². The predicted molar refractivity (Wildman–Crippen MR) is 101 cm³/mol. The fourth-order valence-corrected chi connectivity index (χ4v) is 3.59. The van der Waals surface area contributed by atoms with Gasteiger partial charge in [-0.05, 0) is 44.4 Å². The molecule has 23 heavy (non-hydrogen) atoms. The number of benzene rings is 1. The summed E-state index contributed by atoms with van der Waals surface area (Å²) in [7, 11) is 0. The van der Waals surface area contributed by atoms with E-state index >= 15 is 0 Å². The Labute approximate surface area is 152 Å². The van der Waals surface area contributed by atoms with E-state index in [4.69, 9.17) is 0 Å². The average molecular weight is 374 g/mol. The second-order valence-electron chi connectivity index (χ2n) is 5.29. The maximum Gasteiger partial charge on any atom is 0.251 e. The lowest BCUT2D eigenvalue weighted by molar-refractivity contribution is 0.0950. The molecule has 0 atom stereocenters. The maximum atomic E-state index is 12.5. The molecule has 2 heterocycles. The predicted octanol–water partition coefficient (Wildman–Crippen LogP) is 3.89. The van der Waals surface area contributed by atoms with Crippen molar-refractivity contribution < 1.29 is 4.79 Å². The molecule has 0 fully saturated rings. The molecular weight excluding hydrogens is 353 g/mol. The smallest absolute Gasteiger partial charge is 0.251 e. The van der Waals surface area contributed by atoms with Crippen LogP contribution in [0.3, 0.4) is 0 Å². The number of carbonyl (C=O) groups excluding carboxylic acids is 1. The van der Waals surface area contributed by atoms with Gasteiger partial charge in [-0.2, -0.15) is 0 Å². The van der Waals surface area contributed by atoms with E-state index in [1.54, 1.807) is 11.3 Å². The molecule has 0 bridgehead atoms. The molecule has 4 nitrogen and oxygen atoms in total. The Morgan fingerprint density at radius 2 is 2.13 bits per heavy atom. The third-order valence-corrected chi connectivity index (χ3v) is 4.82. The summed E-state index contributed by atoms with van der Waals surface area (Å²) in [5, 5.41) is 7.42. The Morgan fingerprint density at radius 1 is 1.35 bits per heavy atom. The molecule has 126 valence electrons. The van der Waals surface area contributed by atoms with Crippen molar-refractivity contribution in [2.75, 3.05) is 11.9 Å². The van der Waals surface area contributed by atoms with Crippen LogP contribution in [-0.2, 0) is 13.0 Å². The Balaban J connectivity index is 0.00000132. The van der Waals surface area contributed by atoms with E-state index in [0.717, 1.165) is 51.8 Å². The molecule has 0 spiro atoms. The summed E-state index contributed by atoms with van der Waals surface area (Å²) >= 11 is 1.64. The molecule has 0 aliphatic carbocycles. The summed E-state index contributed by atoms with van der Waals surface area (Å²) in [6, 6.07) is 5.89. The minimum absolute atomic E-state index is 0. The molecule has 1 aromatic carbocycles. The van der Waals surface area contributed by atoms with Gasteiger partial charge in [0.2, 0.25) is 0 Å². The van der Waals surface area contributed by atoms with Crippen LogP contribution in [0.4, 0.5) is 5.69 Å². The Bertz CT molecular complexity index is 688. The van der Waals surface area contributed by atoms with Crippen molar-refractivity contribution in [1.29, 1.82) is 0 Å². The fourth-order valence-electron chi connectivity index (χ4n) is 2.72. The fraction of sp³-hybridized carbons (Fsp3) is 0.375. The standard InChI is InChI=1S/C16H19N3OS.2ClH/c1-10-15(21-11(2)19-10)9-18-16(20)13-5-3-7-14-12(13)6-4-8-17-14;;/h3,5,7,17H,4,6,8-9H2,1-2H3,(H,18,20);2*1H. The molecule has 7 heteroatoms. The number of hydrogen-bond acceptors (Lipinski definition) is 4. The number of thiazole rings is 1. The van der Waals surface area contributed by atoms with Crippen LogP contribution in [0, 0.1) is 13.8 Å². The van der Waals surface area contributed by atoms with Gasteiger partial charge in [0, 0.05) is 22.7 Å². The molecule has 1 amide bonds. The maximum absolute atomic E-state index is 12.5. The van der Waals surface area contributed by atoms with Crippen molar-refractivity contribution in [2.45, 2.75) is 33.2 Å². The zero-order valence-corrected chi connectivity index (χ0v) is 15.6. The molecule has 0 unspecified atom stereocenters. The van der Waals surface area contributed by atoms with Crippen molar-refractivity contribution in [2.24, 2.45) is 0 Å². The van der Waals surface area contributed by atoms with Gasteiger partial charge in [0.05, 0.1) is 17.2 Å². The summed E-state index contributed by atoms with van der Waals surface area (Å²) in [6.07, 6.45) is 2.04. The van der Waals surface area contributed by atoms with Crippen LogP contribution < -0.4 is 10.6 Å². The Kier molecular flexibility index (Phi) is 7.32. The van der Waals surface area contributed by atoms with Crippen LogP contribution in [-0.4, -0.2) is 17.4 Å². The number of aryl methyl sites for hydroxylation is 2. The van der Waals surface area contributed by atoms with Crippen molar-refractivity contribution in [3.05, 3.63) is 44.9 Å². The lowest BCUT2D eigenvalue weighted by Gasteiger charge is -2.20. The lowest BCUT2D eigenvalue weighted by Crippen LogP contribution is -2.25. The molecule has 1 aliphatic rings. The van der Waals surface area contributed by atoms with Crippen LogP contribution in [0.15, 0.2) is 18.2 Å². The first-order valence-electron chi connectivity index (χ1n) is 7.22. The van der Waals surface area contributed by atoms with E-state index in [-0.39, 0.29) is 30.7 Å². The largest absolute Gasteiger partial charge is 0.385 e. The third kappa shape index (κ3) is 4.37. The number of hydrogen-bond donors (Lipinski definition) is 2. The molecule has 1 aromatic heterocycles. The minimum Gasteiger partial charge on any atom is -0.385 e. The highest BCUT2D eigenvalue weighted by molar-refractivity contribution is 7.11. The van der Waals surface area contributed by atoms with Gasteiger partial charge in [0.1, 0.15) is 0 Å². The first-order valence-corrected chi connectivity index (χ1v) is 8.03. The zero-order valence-electron chi connectivity index (χ0n) is 13.1. The summed E-state index contributed by atoms with van der Waals surface area (Å²) < 4.78 is 0. The van der Waals surface area contributed by atoms with Gasteiger partial charge in [-0.25, -0.2) is 4.98 Å².